The van der Waals surface area contributed by atoms with Crippen LogP contribution in [0.5, 0.6) is 5.75 Å². The molecule has 0 aliphatic rings. The molecule has 0 saturated carbocycles. The normalized spacial score (nSPS) is 11.8. The van der Waals surface area contributed by atoms with Gasteiger partial charge in [-0.3, -0.25) is 4.79 Å². The van der Waals surface area contributed by atoms with Gasteiger partial charge in [0, 0.05) is 13.1 Å². The summed E-state index contributed by atoms with van der Waals surface area (Å²) in [5.74, 6) is 1.04. The Morgan fingerprint density at radius 3 is 2.43 bits per heavy atom. The monoisotopic (exact) mass is 397 g/mol. The zero-order chi connectivity index (χ0) is 19.9. The lowest BCUT2D eigenvalue weighted by molar-refractivity contribution is -0.130. The fourth-order valence-corrected chi connectivity index (χ4v) is 3.84. The highest BCUT2D eigenvalue weighted by Gasteiger charge is 2.28. The average Bonchev–Trinajstić information content (AvgIpc) is 3.22. The van der Waals surface area contributed by atoms with Crippen LogP contribution in [0.1, 0.15) is 24.7 Å². The quantitative estimate of drug-likeness (QED) is 0.523. The molecule has 3 aromatic rings. The number of thioether (sulfide) groups is 1. The van der Waals surface area contributed by atoms with Crippen LogP contribution in [0.25, 0.3) is 11.5 Å². The number of para-hydroxylation sites is 1. The number of amides is 1. The molecule has 1 unspecified atom stereocenters. The standard InChI is InChI=1S/C21H23N3O3S/c1-4-24(5-2)20(25)18(15-11-7-6-8-12-15)28-21-23-22-19(27-21)16-13-9-10-14-17(16)26-3/h6-14,18H,4-5H2,1-3H3. The molecular formula is C21H23N3O3S. The van der Waals surface area contributed by atoms with E-state index >= 15 is 0 Å². The second kappa shape index (κ2) is 9.41. The van der Waals surface area contributed by atoms with Gasteiger partial charge in [0.05, 0.1) is 12.7 Å². The first-order chi connectivity index (χ1) is 13.7. The van der Waals surface area contributed by atoms with Crippen molar-refractivity contribution in [3.05, 3.63) is 60.2 Å². The molecule has 1 aromatic heterocycles. The van der Waals surface area contributed by atoms with Crippen LogP contribution in [0.3, 0.4) is 0 Å². The summed E-state index contributed by atoms with van der Waals surface area (Å²) < 4.78 is 11.2. The maximum atomic E-state index is 13.1. The number of ether oxygens (including phenoxy) is 1. The zero-order valence-electron chi connectivity index (χ0n) is 16.2. The molecule has 7 heteroatoms. The van der Waals surface area contributed by atoms with E-state index in [2.05, 4.69) is 10.2 Å². The van der Waals surface area contributed by atoms with Crippen molar-refractivity contribution in [2.45, 2.75) is 24.3 Å². The Bertz CT molecular complexity index is 910. The molecule has 1 heterocycles. The highest BCUT2D eigenvalue weighted by atomic mass is 32.2. The smallest absolute Gasteiger partial charge is 0.277 e. The molecule has 0 aliphatic heterocycles. The summed E-state index contributed by atoms with van der Waals surface area (Å²) in [7, 11) is 1.60. The molecule has 28 heavy (non-hydrogen) atoms. The minimum Gasteiger partial charge on any atom is -0.496 e. The van der Waals surface area contributed by atoms with Crippen molar-refractivity contribution in [1.82, 2.24) is 15.1 Å². The number of rotatable bonds is 8. The van der Waals surface area contributed by atoms with Gasteiger partial charge in [-0.25, -0.2) is 0 Å². The van der Waals surface area contributed by atoms with E-state index in [-0.39, 0.29) is 5.91 Å². The maximum absolute atomic E-state index is 13.1. The summed E-state index contributed by atoms with van der Waals surface area (Å²) in [6.07, 6.45) is 0. The molecule has 0 N–H and O–H groups in total. The zero-order valence-corrected chi connectivity index (χ0v) is 17.0. The van der Waals surface area contributed by atoms with Crippen LogP contribution < -0.4 is 4.74 Å². The molecule has 6 nitrogen and oxygen atoms in total. The van der Waals surface area contributed by atoms with Gasteiger partial charge in [-0.05, 0) is 43.3 Å². The predicted octanol–water partition coefficient (Wildman–Crippen LogP) is 4.45. The molecule has 0 saturated heterocycles. The number of hydrogen-bond donors (Lipinski definition) is 0. The van der Waals surface area contributed by atoms with Crippen molar-refractivity contribution in [2.75, 3.05) is 20.2 Å². The topological polar surface area (TPSA) is 68.5 Å². The number of hydrogen-bond acceptors (Lipinski definition) is 6. The van der Waals surface area contributed by atoms with Crippen molar-refractivity contribution < 1.29 is 13.9 Å². The third-order valence-corrected chi connectivity index (χ3v) is 5.44. The van der Waals surface area contributed by atoms with Gasteiger partial charge in [0.25, 0.3) is 11.1 Å². The lowest BCUT2D eigenvalue weighted by atomic mass is 10.1. The Hall–Kier alpha value is -2.80. The number of carbonyl (C=O) groups excluding carboxylic acids is 1. The first kappa shape index (κ1) is 19.9. The number of likely N-dealkylation sites (N-methyl/N-ethyl adjacent to an activating group) is 1. The Morgan fingerprint density at radius 1 is 1.07 bits per heavy atom. The minimum absolute atomic E-state index is 0.0261. The van der Waals surface area contributed by atoms with Crippen LogP contribution in [-0.4, -0.2) is 41.2 Å². The van der Waals surface area contributed by atoms with Gasteiger partial charge in [-0.1, -0.05) is 42.5 Å². The van der Waals surface area contributed by atoms with Gasteiger partial charge < -0.3 is 14.1 Å². The maximum Gasteiger partial charge on any atom is 0.277 e. The van der Waals surface area contributed by atoms with Crippen molar-refractivity contribution in [3.8, 4) is 17.2 Å². The molecule has 3 rings (SSSR count). The van der Waals surface area contributed by atoms with Gasteiger partial charge in [-0.15, -0.1) is 10.2 Å². The van der Waals surface area contributed by atoms with Crippen molar-refractivity contribution in [1.29, 1.82) is 0 Å². The Morgan fingerprint density at radius 2 is 1.75 bits per heavy atom. The van der Waals surface area contributed by atoms with Crippen LogP contribution in [0.15, 0.2) is 64.2 Å². The van der Waals surface area contributed by atoms with E-state index < -0.39 is 5.25 Å². The summed E-state index contributed by atoms with van der Waals surface area (Å²) in [4.78, 5) is 14.9. The number of nitrogens with zero attached hydrogens (tertiary/aromatic N) is 3. The molecule has 0 aliphatic carbocycles. The Balaban J connectivity index is 1.90. The Labute approximate surface area is 168 Å². The lowest BCUT2D eigenvalue weighted by Gasteiger charge is -2.24. The fraction of sp³-hybridized carbons (Fsp3) is 0.286. The van der Waals surface area contributed by atoms with Crippen LogP contribution in [-0.2, 0) is 4.79 Å². The summed E-state index contributed by atoms with van der Waals surface area (Å²) in [5.41, 5.74) is 1.62. The van der Waals surface area contributed by atoms with Gasteiger partial charge in [0.15, 0.2) is 0 Å². The summed E-state index contributed by atoms with van der Waals surface area (Å²) in [6.45, 7) is 5.24. The number of benzene rings is 2. The van der Waals surface area contributed by atoms with Crippen LogP contribution in [0.2, 0.25) is 0 Å². The molecule has 146 valence electrons. The van der Waals surface area contributed by atoms with Crippen LogP contribution in [0.4, 0.5) is 0 Å². The van der Waals surface area contributed by atoms with Crippen molar-refractivity contribution in [3.63, 3.8) is 0 Å². The van der Waals surface area contributed by atoms with E-state index in [0.29, 0.717) is 30.0 Å². The third-order valence-electron chi connectivity index (χ3n) is 4.36. The molecule has 1 amide bonds. The van der Waals surface area contributed by atoms with E-state index in [0.717, 1.165) is 11.1 Å². The van der Waals surface area contributed by atoms with E-state index in [1.165, 1.54) is 11.8 Å². The fourth-order valence-electron chi connectivity index (χ4n) is 2.88. The first-order valence-electron chi connectivity index (χ1n) is 9.15. The van der Waals surface area contributed by atoms with Crippen molar-refractivity contribution in [2.24, 2.45) is 0 Å². The molecule has 1 atom stereocenters. The molecule has 0 fully saturated rings. The summed E-state index contributed by atoms with van der Waals surface area (Å²) in [5, 5.41) is 8.18. The van der Waals surface area contributed by atoms with Gasteiger partial charge in [0.2, 0.25) is 5.91 Å². The molecule has 2 aromatic carbocycles. The molecule has 0 spiro atoms. The number of methoxy groups -OCH3 is 1. The summed E-state index contributed by atoms with van der Waals surface area (Å²) in [6, 6.07) is 17.1. The first-order valence-corrected chi connectivity index (χ1v) is 10.0. The van der Waals surface area contributed by atoms with E-state index in [1.54, 1.807) is 7.11 Å². The molecule has 0 radical (unpaired) electrons. The minimum atomic E-state index is -0.452. The lowest BCUT2D eigenvalue weighted by Crippen LogP contribution is -2.33. The second-order valence-electron chi connectivity index (χ2n) is 5.99. The highest BCUT2D eigenvalue weighted by Crippen LogP contribution is 2.38. The van der Waals surface area contributed by atoms with Gasteiger partial charge >= 0.3 is 0 Å². The van der Waals surface area contributed by atoms with E-state index in [1.807, 2.05) is 73.3 Å². The third kappa shape index (κ3) is 4.36. The SMILES string of the molecule is CCN(CC)C(=O)C(Sc1nnc(-c2ccccc2OC)o1)c1ccccc1. The largest absolute Gasteiger partial charge is 0.496 e. The van der Waals surface area contributed by atoms with E-state index in [4.69, 9.17) is 9.15 Å². The number of aromatic nitrogens is 2. The van der Waals surface area contributed by atoms with E-state index in [9.17, 15) is 4.79 Å². The second-order valence-corrected chi connectivity index (χ2v) is 7.05. The molecule has 0 bridgehead atoms. The van der Waals surface area contributed by atoms with Crippen molar-refractivity contribution >= 4 is 17.7 Å². The average molecular weight is 398 g/mol. The highest BCUT2D eigenvalue weighted by molar-refractivity contribution is 8.00. The van der Waals surface area contributed by atoms with Crippen LogP contribution in [0, 0.1) is 0 Å². The van der Waals surface area contributed by atoms with Gasteiger partial charge in [0.1, 0.15) is 11.0 Å². The Kier molecular flexibility index (Phi) is 6.71. The predicted molar refractivity (Wildman–Crippen MR) is 109 cm³/mol. The number of carbonyl (C=O) groups is 1. The molecular weight excluding hydrogens is 374 g/mol. The van der Waals surface area contributed by atoms with Crippen LogP contribution >= 0.6 is 11.8 Å². The van der Waals surface area contributed by atoms with Gasteiger partial charge in [-0.2, -0.15) is 0 Å². The summed E-state index contributed by atoms with van der Waals surface area (Å²) >= 11 is 1.27.